The summed E-state index contributed by atoms with van der Waals surface area (Å²) in [5, 5.41) is 0. The molecule has 3 atom stereocenters. The molecule has 3 rings (SSSR count). The van der Waals surface area contributed by atoms with E-state index in [-0.39, 0.29) is 0 Å². The average Bonchev–Trinajstić information content (AvgIpc) is 3.17. The van der Waals surface area contributed by atoms with E-state index in [1.807, 2.05) is 0 Å². The topological polar surface area (TPSA) is 25.1 Å². The van der Waals surface area contributed by atoms with Gasteiger partial charge in [-0.05, 0) is 25.7 Å². The number of hydrogen-bond acceptors (Lipinski definition) is 2. The Kier molecular flexibility index (Phi) is 3.21. The summed E-state index contributed by atoms with van der Waals surface area (Å²) in [4.78, 5) is 0. The minimum absolute atomic E-state index is 0.373. The first-order valence-electron chi connectivity index (χ1n) is 7.18. The maximum Gasteiger partial charge on any atom is 0.0948 e. The summed E-state index contributed by atoms with van der Waals surface area (Å²) < 4.78 is 11.1. The second-order valence-corrected chi connectivity index (χ2v) is 5.83. The van der Waals surface area contributed by atoms with E-state index in [0.717, 1.165) is 6.61 Å². The summed E-state index contributed by atoms with van der Waals surface area (Å²) in [6.45, 7) is 1.03. The van der Waals surface area contributed by atoms with E-state index >= 15 is 0 Å². The van der Waals surface area contributed by atoms with Crippen molar-refractivity contribution in [1.82, 2.24) is 0 Å². The fourth-order valence-electron chi connectivity index (χ4n) is 3.27. The summed E-state index contributed by atoms with van der Waals surface area (Å²) in [7, 11) is 0. The van der Waals surface area contributed by atoms with Gasteiger partial charge in [0.1, 0.15) is 0 Å². The van der Waals surface area contributed by atoms with Crippen molar-refractivity contribution in [2.45, 2.75) is 82.0 Å². The van der Waals surface area contributed by atoms with Crippen molar-refractivity contribution in [3.8, 4) is 0 Å². The molecule has 1 aliphatic carbocycles. The van der Waals surface area contributed by atoms with E-state index < -0.39 is 0 Å². The van der Waals surface area contributed by atoms with E-state index in [2.05, 4.69) is 0 Å². The Balaban J connectivity index is 1.23. The fourth-order valence-corrected chi connectivity index (χ4v) is 3.27. The Morgan fingerprint density at radius 1 is 1.06 bits per heavy atom. The first-order valence-corrected chi connectivity index (χ1v) is 7.18. The molecule has 2 nitrogen and oxygen atoms in total. The van der Waals surface area contributed by atoms with Gasteiger partial charge in [0.15, 0.2) is 0 Å². The first kappa shape index (κ1) is 11.0. The van der Waals surface area contributed by atoms with Gasteiger partial charge in [-0.15, -0.1) is 0 Å². The van der Waals surface area contributed by atoms with Crippen LogP contribution >= 0.6 is 0 Å². The van der Waals surface area contributed by atoms with Gasteiger partial charge >= 0.3 is 0 Å². The highest BCUT2D eigenvalue weighted by molar-refractivity contribution is 5.04. The average molecular weight is 224 g/mol. The SMILES string of the molecule is C(CCCC12CCCCC1O2)CCC1CO1. The molecule has 3 unspecified atom stereocenters. The summed E-state index contributed by atoms with van der Waals surface area (Å²) in [5.41, 5.74) is 0.373. The van der Waals surface area contributed by atoms with Crippen LogP contribution in [0.15, 0.2) is 0 Å². The zero-order valence-corrected chi connectivity index (χ0v) is 10.2. The summed E-state index contributed by atoms with van der Waals surface area (Å²) in [5.74, 6) is 0. The van der Waals surface area contributed by atoms with Crippen molar-refractivity contribution in [3.05, 3.63) is 0 Å². The molecule has 0 N–H and O–H groups in total. The third kappa shape index (κ3) is 2.60. The summed E-state index contributed by atoms with van der Waals surface area (Å²) in [6.07, 6.45) is 14.9. The van der Waals surface area contributed by atoms with Gasteiger partial charge in [0, 0.05) is 0 Å². The summed E-state index contributed by atoms with van der Waals surface area (Å²) in [6, 6.07) is 0. The van der Waals surface area contributed by atoms with Crippen LogP contribution < -0.4 is 0 Å². The highest BCUT2D eigenvalue weighted by Gasteiger charge is 2.55. The second-order valence-electron chi connectivity index (χ2n) is 5.83. The zero-order chi connectivity index (χ0) is 10.8. The van der Waals surface area contributed by atoms with Crippen molar-refractivity contribution in [3.63, 3.8) is 0 Å². The second kappa shape index (κ2) is 4.66. The predicted molar refractivity (Wildman–Crippen MR) is 63.5 cm³/mol. The fraction of sp³-hybridized carbons (Fsp3) is 1.00. The van der Waals surface area contributed by atoms with Crippen LogP contribution in [0, 0.1) is 0 Å². The molecule has 3 fully saturated rings. The van der Waals surface area contributed by atoms with Gasteiger partial charge in [0.25, 0.3) is 0 Å². The molecule has 16 heavy (non-hydrogen) atoms. The van der Waals surface area contributed by atoms with E-state index in [0.29, 0.717) is 17.8 Å². The van der Waals surface area contributed by atoms with Crippen LogP contribution in [-0.2, 0) is 9.47 Å². The molecule has 2 saturated heterocycles. The molecule has 2 heterocycles. The van der Waals surface area contributed by atoms with Crippen molar-refractivity contribution < 1.29 is 9.47 Å². The Bertz CT molecular complexity index is 237. The number of ether oxygens (including phenoxy) is 2. The van der Waals surface area contributed by atoms with Crippen LogP contribution in [0.3, 0.4) is 0 Å². The van der Waals surface area contributed by atoms with E-state index in [4.69, 9.17) is 9.47 Å². The minimum atomic E-state index is 0.373. The molecular weight excluding hydrogens is 200 g/mol. The third-order valence-corrected chi connectivity index (χ3v) is 4.50. The van der Waals surface area contributed by atoms with E-state index in [1.54, 1.807) is 0 Å². The molecule has 0 radical (unpaired) electrons. The molecular formula is C14H24O2. The van der Waals surface area contributed by atoms with Gasteiger partial charge in [0.2, 0.25) is 0 Å². The van der Waals surface area contributed by atoms with Crippen molar-refractivity contribution >= 4 is 0 Å². The Labute approximate surface area is 98.7 Å². The molecule has 92 valence electrons. The Morgan fingerprint density at radius 2 is 1.94 bits per heavy atom. The highest BCUT2D eigenvalue weighted by atomic mass is 16.6. The van der Waals surface area contributed by atoms with Gasteiger partial charge in [0.05, 0.1) is 24.4 Å². The lowest BCUT2D eigenvalue weighted by molar-refractivity contribution is 0.264. The van der Waals surface area contributed by atoms with Gasteiger partial charge in [-0.25, -0.2) is 0 Å². The molecule has 0 aromatic carbocycles. The quantitative estimate of drug-likeness (QED) is 0.489. The van der Waals surface area contributed by atoms with Gasteiger partial charge in [-0.2, -0.15) is 0 Å². The molecule has 0 amide bonds. The molecule has 0 bridgehead atoms. The van der Waals surface area contributed by atoms with Crippen LogP contribution in [0.1, 0.15) is 64.2 Å². The van der Waals surface area contributed by atoms with E-state index in [9.17, 15) is 0 Å². The number of rotatable bonds is 7. The third-order valence-electron chi connectivity index (χ3n) is 4.50. The predicted octanol–water partition coefficient (Wildman–Crippen LogP) is 3.44. The van der Waals surface area contributed by atoms with Crippen LogP contribution in [-0.4, -0.2) is 24.4 Å². The molecule has 2 heteroatoms. The Hall–Kier alpha value is -0.0800. The maximum atomic E-state index is 5.90. The van der Waals surface area contributed by atoms with Crippen molar-refractivity contribution in [2.24, 2.45) is 0 Å². The normalized spacial score (nSPS) is 40.5. The summed E-state index contributed by atoms with van der Waals surface area (Å²) >= 11 is 0. The van der Waals surface area contributed by atoms with Crippen molar-refractivity contribution in [2.75, 3.05) is 6.61 Å². The zero-order valence-electron chi connectivity index (χ0n) is 10.2. The lowest BCUT2D eigenvalue weighted by Crippen LogP contribution is -2.18. The van der Waals surface area contributed by atoms with Gasteiger partial charge in [-0.3, -0.25) is 0 Å². The molecule has 1 saturated carbocycles. The van der Waals surface area contributed by atoms with E-state index in [1.165, 1.54) is 64.2 Å². The first-order chi connectivity index (χ1) is 7.89. The number of unbranched alkanes of at least 4 members (excludes halogenated alkanes) is 3. The molecule has 0 aromatic heterocycles. The molecule has 0 spiro atoms. The molecule has 3 aliphatic rings. The van der Waals surface area contributed by atoms with Crippen LogP contribution in [0.2, 0.25) is 0 Å². The minimum Gasteiger partial charge on any atom is -0.373 e. The van der Waals surface area contributed by atoms with Crippen LogP contribution in [0.4, 0.5) is 0 Å². The smallest absolute Gasteiger partial charge is 0.0948 e. The monoisotopic (exact) mass is 224 g/mol. The number of fused-ring (bicyclic) bond motifs is 1. The van der Waals surface area contributed by atoms with Gasteiger partial charge < -0.3 is 9.47 Å². The van der Waals surface area contributed by atoms with Crippen molar-refractivity contribution in [1.29, 1.82) is 0 Å². The number of epoxide rings is 2. The highest BCUT2D eigenvalue weighted by Crippen LogP contribution is 2.50. The number of hydrogen-bond donors (Lipinski definition) is 0. The van der Waals surface area contributed by atoms with Gasteiger partial charge in [-0.1, -0.05) is 38.5 Å². The van der Waals surface area contributed by atoms with Crippen LogP contribution in [0.5, 0.6) is 0 Å². The molecule has 2 aliphatic heterocycles. The Morgan fingerprint density at radius 3 is 2.75 bits per heavy atom. The largest absolute Gasteiger partial charge is 0.373 e. The van der Waals surface area contributed by atoms with Crippen LogP contribution in [0.25, 0.3) is 0 Å². The lowest BCUT2D eigenvalue weighted by Gasteiger charge is -2.16. The maximum absolute atomic E-state index is 5.90. The lowest BCUT2D eigenvalue weighted by atomic mass is 9.85. The molecule has 0 aromatic rings. The standard InChI is InChI=1S/C14H24O2/c1(3-7-12-11-15-12)2-5-9-14-10-6-4-8-13(14)16-14/h12-13H,1-11H2.